The second-order valence-electron chi connectivity index (χ2n) is 3.96. The van der Waals surface area contributed by atoms with E-state index in [1.165, 1.54) is 6.07 Å². The molecule has 1 aromatic carbocycles. The summed E-state index contributed by atoms with van der Waals surface area (Å²) < 4.78 is 18.8. The van der Waals surface area contributed by atoms with E-state index in [0.717, 1.165) is 0 Å². The molecular weight excluding hydrogens is 209 g/mol. The summed E-state index contributed by atoms with van der Waals surface area (Å²) in [4.78, 5) is 0. The third-order valence-electron chi connectivity index (χ3n) is 2.27. The van der Waals surface area contributed by atoms with Crippen molar-refractivity contribution in [2.75, 3.05) is 6.61 Å². The molecule has 0 fully saturated rings. The smallest absolute Gasteiger partial charge is 0.131 e. The van der Waals surface area contributed by atoms with Crippen molar-refractivity contribution in [3.63, 3.8) is 0 Å². The summed E-state index contributed by atoms with van der Waals surface area (Å²) in [7, 11) is 0. The highest BCUT2D eigenvalue weighted by Gasteiger charge is 2.08. The van der Waals surface area contributed by atoms with Crippen molar-refractivity contribution in [3.05, 3.63) is 29.6 Å². The molecule has 0 radical (unpaired) electrons. The molecule has 1 rings (SSSR count). The Balaban J connectivity index is 2.59. The second-order valence-corrected chi connectivity index (χ2v) is 3.96. The molecule has 0 bridgehead atoms. The number of hydrogen-bond acceptors (Lipinski definition) is 3. The molecule has 1 aromatic rings. The van der Waals surface area contributed by atoms with Crippen molar-refractivity contribution < 1.29 is 14.2 Å². The number of halogens is 1. The van der Waals surface area contributed by atoms with Crippen LogP contribution in [0.1, 0.15) is 31.9 Å². The Morgan fingerprint density at radius 1 is 1.44 bits per heavy atom. The Kier molecular flexibility index (Phi) is 4.71. The first kappa shape index (κ1) is 12.9. The molecule has 0 spiro atoms. The van der Waals surface area contributed by atoms with Crippen LogP contribution < -0.4 is 10.5 Å². The van der Waals surface area contributed by atoms with Gasteiger partial charge in [-0.25, -0.2) is 4.39 Å². The van der Waals surface area contributed by atoms with Gasteiger partial charge in [-0.05, 0) is 19.9 Å². The second kappa shape index (κ2) is 5.82. The number of hydrogen-bond donors (Lipinski definition) is 2. The van der Waals surface area contributed by atoms with Gasteiger partial charge in [-0.2, -0.15) is 0 Å². The number of aliphatic hydroxyl groups excluding tert-OH is 1. The lowest BCUT2D eigenvalue weighted by Crippen LogP contribution is -2.09. The number of ether oxygens (including phenoxy) is 1. The highest BCUT2D eigenvalue weighted by atomic mass is 19.1. The molecule has 0 aromatic heterocycles. The zero-order chi connectivity index (χ0) is 12.1. The van der Waals surface area contributed by atoms with Crippen molar-refractivity contribution in [1.82, 2.24) is 0 Å². The molecule has 3 nitrogen and oxygen atoms in total. The average Bonchev–Trinajstić information content (AvgIpc) is 2.16. The SMILES string of the molecule is CC(O)CCOc1ccc(C(C)N)c(F)c1. The number of benzene rings is 1. The predicted octanol–water partition coefficient (Wildman–Crippen LogP) is 2.00. The lowest BCUT2D eigenvalue weighted by molar-refractivity contribution is 0.155. The van der Waals surface area contributed by atoms with Crippen molar-refractivity contribution in [2.45, 2.75) is 32.4 Å². The van der Waals surface area contributed by atoms with Crippen molar-refractivity contribution in [1.29, 1.82) is 0 Å². The van der Waals surface area contributed by atoms with E-state index >= 15 is 0 Å². The molecule has 4 heteroatoms. The monoisotopic (exact) mass is 227 g/mol. The van der Waals surface area contributed by atoms with Gasteiger partial charge < -0.3 is 15.6 Å². The lowest BCUT2D eigenvalue weighted by atomic mass is 10.1. The molecule has 0 aliphatic carbocycles. The van der Waals surface area contributed by atoms with E-state index in [0.29, 0.717) is 24.3 Å². The normalized spacial score (nSPS) is 14.6. The summed E-state index contributed by atoms with van der Waals surface area (Å²) in [5, 5.41) is 9.03. The van der Waals surface area contributed by atoms with Crippen LogP contribution in [0.5, 0.6) is 5.75 Å². The molecule has 0 heterocycles. The zero-order valence-corrected chi connectivity index (χ0v) is 9.61. The van der Waals surface area contributed by atoms with Crippen LogP contribution in [-0.4, -0.2) is 17.8 Å². The minimum absolute atomic E-state index is 0.327. The fourth-order valence-electron chi connectivity index (χ4n) is 1.31. The van der Waals surface area contributed by atoms with Gasteiger partial charge in [0, 0.05) is 24.1 Å². The van der Waals surface area contributed by atoms with Gasteiger partial charge in [0.05, 0.1) is 12.7 Å². The Hall–Kier alpha value is -1.13. The van der Waals surface area contributed by atoms with Gasteiger partial charge >= 0.3 is 0 Å². The minimum atomic E-state index is -0.409. The molecular formula is C12H18FNO2. The predicted molar refractivity (Wildman–Crippen MR) is 60.8 cm³/mol. The number of aliphatic hydroxyl groups is 1. The third kappa shape index (κ3) is 3.79. The molecule has 0 amide bonds. The Labute approximate surface area is 95.0 Å². The molecule has 0 saturated heterocycles. The standard InChI is InChI=1S/C12H18FNO2/c1-8(15)5-6-16-10-3-4-11(9(2)14)12(13)7-10/h3-4,7-9,15H,5-6,14H2,1-2H3. The van der Waals surface area contributed by atoms with Crippen LogP contribution >= 0.6 is 0 Å². The minimum Gasteiger partial charge on any atom is -0.493 e. The number of nitrogens with two attached hydrogens (primary N) is 1. The van der Waals surface area contributed by atoms with E-state index in [2.05, 4.69) is 0 Å². The zero-order valence-electron chi connectivity index (χ0n) is 9.61. The highest BCUT2D eigenvalue weighted by Crippen LogP contribution is 2.20. The number of rotatable bonds is 5. The molecule has 0 aliphatic heterocycles. The van der Waals surface area contributed by atoms with E-state index in [1.807, 2.05) is 0 Å². The molecule has 90 valence electrons. The van der Waals surface area contributed by atoms with Crippen LogP contribution in [0.2, 0.25) is 0 Å². The van der Waals surface area contributed by atoms with E-state index in [1.54, 1.807) is 26.0 Å². The van der Waals surface area contributed by atoms with Crippen molar-refractivity contribution in [3.8, 4) is 5.75 Å². The van der Waals surface area contributed by atoms with Crippen LogP contribution in [0.25, 0.3) is 0 Å². The van der Waals surface area contributed by atoms with E-state index < -0.39 is 6.10 Å². The van der Waals surface area contributed by atoms with Gasteiger partial charge in [0.25, 0.3) is 0 Å². The maximum Gasteiger partial charge on any atom is 0.131 e. The average molecular weight is 227 g/mol. The van der Waals surface area contributed by atoms with Crippen LogP contribution in [0.15, 0.2) is 18.2 Å². The topological polar surface area (TPSA) is 55.5 Å². The van der Waals surface area contributed by atoms with Crippen LogP contribution in [-0.2, 0) is 0 Å². The fourth-order valence-corrected chi connectivity index (χ4v) is 1.31. The van der Waals surface area contributed by atoms with Crippen molar-refractivity contribution in [2.24, 2.45) is 5.73 Å². The van der Waals surface area contributed by atoms with Gasteiger partial charge in [0.2, 0.25) is 0 Å². The Morgan fingerprint density at radius 2 is 2.12 bits per heavy atom. The summed E-state index contributed by atoms with van der Waals surface area (Å²) in [6.07, 6.45) is 0.115. The summed E-state index contributed by atoms with van der Waals surface area (Å²) in [6, 6.07) is 4.30. The van der Waals surface area contributed by atoms with Gasteiger partial charge in [-0.15, -0.1) is 0 Å². The van der Waals surface area contributed by atoms with Gasteiger partial charge in [-0.1, -0.05) is 6.07 Å². The van der Waals surface area contributed by atoms with Crippen LogP contribution in [0.3, 0.4) is 0 Å². The van der Waals surface area contributed by atoms with Crippen LogP contribution in [0, 0.1) is 5.82 Å². The Morgan fingerprint density at radius 3 is 2.62 bits per heavy atom. The first-order valence-corrected chi connectivity index (χ1v) is 5.36. The lowest BCUT2D eigenvalue weighted by Gasteiger charge is -2.11. The van der Waals surface area contributed by atoms with E-state index in [9.17, 15) is 4.39 Å². The fraction of sp³-hybridized carbons (Fsp3) is 0.500. The largest absolute Gasteiger partial charge is 0.493 e. The molecule has 2 atom stereocenters. The maximum atomic E-state index is 13.5. The first-order valence-electron chi connectivity index (χ1n) is 5.36. The highest BCUT2D eigenvalue weighted by molar-refractivity contribution is 5.30. The molecule has 0 aliphatic rings. The van der Waals surface area contributed by atoms with Crippen molar-refractivity contribution >= 4 is 0 Å². The summed E-state index contributed by atoms with van der Waals surface area (Å²) >= 11 is 0. The van der Waals surface area contributed by atoms with Gasteiger partial charge in [-0.3, -0.25) is 0 Å². The summed E-state index contributed by atoms with van der Waals surface area (Å²) in [5.41, 5.74) is 6.07. The van der Waals surface area contributed by atoms with Crippen LogP contribution in [0.4, 0.5) is 4.39 Å². The summed E-state index contributed by atoms with van der Waals surface area (Å²) in [5.74, 6) is 0.104. The molecule has 2 unspecified atom stereocenters. The van der Waals surface area contributed by atoms with E-state index in [4.69, 9.17) is 15.6 Å². The van der Waals surface area contributed by atoms with Gasteiger partial charge in [0.1, 0.15) is 11.6 Å². The molecule has 16 heavy (non-hydrogen) atoms. The third-order valence-corrected chi connectivity index (χ3v) is 2.27. The first-order chi connectivity index (χ1) is 7.50. The molecule has 3 N–H and O–H groups in total. The Bertz CT molecular complexity index is 340. The maximum absolute atomic E-state index is 13.5. The quantitative estimate of drug-likeness (QED) is 0.808. The summed E-state index contributed by atoms with van der Waals surface area (Å²) in [6.45, 7) is 3.78. The van der Waals surface area contributed by atoms with E-state index in [-0.39, 0.29) is 11.9 Å². The molecule has 0 saturated carbocycles. The van der Waals surface area contributed by atoms with Gasteiger partial charge in [0.15, 0.2) is 0 Å².